The van der Waals surface area contributed by atoms with E-state index >= 15 is 0 Å². The van der Waals surface area contributed by atoms with Gasteiger partial charge in [0.2, 0.25) is 5.91 Å². The lowest BCUT2D eigenvalue weighted by molar-refractivity contribution is -0.120. The molecule has 0 heterocycles. The van der Waals surface area contributed by atoms with Gasteiger partial charge < -0.3 is 10.6 Å². The third-order valence-electron chi connectivity index (χ3n) is 4.73. The van der Waals surface area contributed by atoms with Crippen molar-refractivity contribution in [2.45, 2.75) is 44.2 Å². The molecule has 0 bridgehead atoms. The number of amides is 1. The van der Waals surface area contributed by atoms with Crippen LogP contribution in [0.15, 0.2) is 60.7 Å². The third kappa shape index (κ3) is 4.68. The fourth-order valence-electron chi connectivity index (χ4n) is 3.41. The van der Waals surface area contributed by atoms with E-state index in [1.807, 2.05) is 36.4 Å². The van der Waals surface area contributed by atoms with Crippen LogP contribution in [0.1, 0.15) is 49.3 Å². The summed E-state index contributed by atoms with van der Waals surface area (Å²) in [4.78, 5) is 12.5. The molecule has 1 saturated carbocycles. The van der Waals surface area contributed by atoms with Crippen LogP contribution in [-0.4, -0.2) is 18.5 Å². The first-order chi connectivity index (χ1) is 11.8. The maximum atomic E-state index is 12.5. The van der Waals surface area contributed by atoms with Crippen LogP contribution < -0.4 is 10.6 Å². The number of carbonyl (C=O) groups is 1. The van der Waals surface area contributed by atoms with Gasteiger partial charge in [-0.25, -0.2) is 0 Å². The molecule has 3 rings (SSSR count). The summed E-state index contributed by atoms with van der Waals surface area (Å²) >= 11 is 0. The minimum Gasteiger partial charge on any atom is -0.344 e. The van der Waals surface area contributed by atoms with E-state index in [9.17, 15) is 4.79 Å². The first kappa shape index (κ1) is 16.7. The number of benzene rings is 2. The molecule has 0 aromatic heterocycles. The molecule has 0 spiro atoms. The molecule has 3 nitrogen and oxygen atoms in total. The van der Waals surface area contributed by atoms with Gasteiger partial charge in [0.1, 0.15) is 0 Å². The highest BCUT2D eigenvalue weighted by Crippen LogP contribution is 2.21. The van der Waals surface area contributed by atoms with Crippen molar-refractivity contribution >= 4 is 5.91 Å². The molecule has 2 N–H and O–H groups in total. The zero-order valence-electron chi connectivity index (χ0n) is 14.1. The Morgan fingerprint density at radius 3 is 1.96 bits per heavy atom. The molecule has 0 unspecified atom stereocenters. The van der Waals surface area contributed by atoms with Gasteiger partial charge in [-0.2, -0.15) is 0 Å². The van der Waals surface area contributed by atoms with Gasteiger partial charge in [-0.3, -0.25) is 4.79 Å². The van der Waals surface area contributed by atoms with Crippen LogP contribution in [0.2, 0.25) is 0 Å². The lowest BCUT2D eigenvalue weighted by atomic mass is 9.95. The Morgan fingerprint density at radius 2 is 1.42 bits per heavy atom. The van der Waals surface area contributed by atoms with E-state index in [2.05, 4.69) is 34.9 Å². The maximum absolute atomic E-state index is 12.5. The summed E-state index contributed by atoms with van der Waals surface area (Å²) in [6.45, 7) is 0.390. The minimum atomic E-state index is -0.104. The first-order valence-electron chi connectivity index (χ1n) is 8.95. The number of carbonyl (C=O) groups excluding carboxylic acids is 1. The fourth-order valence-corrected chi connectivity index (χ4v) is 3.41. The maximum Gasteiger partial charge on any atom is 0.234 e. The molecule has 0 radical (unpaired) electrons. The van der Waals surface area contributed by atoms with Crippen molar-refractivity contribution in [3.8, 4) is 0 Å². The predicted molar refractivity (Wildman–Crippen MR) is 97.7 cm³/mol. The zero-order chi connectivity index (χ0) is 16.6. The van der Waals surface area contributed by atoms with E-state index in [0.29, 0.717) is 12.6 Å². The van der Waals surface area contributed by atoms with Crippen molar-refractivity contribution in [1.29, 1.82) is 0 Å². The van der Waals surface area contributed by atoms with Crippen molar-refractivity contribution in [3.63, 3.8) is 0 Å². The molecule has 24 heavy (non-hydrogen) atoms. The van der Waals surface area contributed by atoms with Gasteiger partial charge in [-0.15, -0.1) is 0 Å². The van der Waals surface area contributed by atoms with Crippen LogP contribution in [0.4, 0.5) is 0 Å². The highest BCUT2D eigenvalue weighted by molar-refractivity contribution is 5.79. The van der Waals surface area contributed by atoms with Crippen LogP contribution >= 0.6 is 0 Å². The van der Waals surface area contributed by atoms with Crippen LogP contribution in [0.25, 0.3) is 0 Å². The SMILES string of the molecule is O=C(CNC1CCCCC1)NC(c1ccccc1)c1ccccc1. The van der Waals surface area contributed by atoms with Crippen molar-refractivity contribution in [2.24, 2.45) is 0 Å². The van der Waals surface area contributed by atoms with Gasteiger partial charge in [0.05, 0.1) is 12.6 Å². The zero-order valence-corrected chi connectivity index (χ0v) is 14.1. The molecule has 0 aliphatic heterocycles. The van der Waals surface area contributed by atoms with Gasteiger partial charge in [-0.05, 0) is 24.0 Å². The summed E-state index contributed by atoms with van der Waals surface area (Å²) in [5, 5.41) is 6.61. The Bertz CT molecular complexity index is 581. The number of nitrogens with one attached hydrogen (secondary N) is 2. The quantitative estimate of drug-likeness (QED) is 0.849. The number of hydrogen-bond donors (Lipinski definition) is 2. The molecule has 1 amide bonds. The third-order valence-corrected chi connectivity index (χ3v) is 4.73. The molecular weight excluding hydrogens is 296 g/mol. The summed E-state index contributed by atoms with van der Waals surface area (Å²) in [7, 11) is 0. The molecule has 0 atom stereocenters. The van der Waals surface area contributed by atoms with Crippen LogP contribution in [0.5, 0.6) is 0 Å². The second-order valence-corrected chi connectivity index (χ2v) is 6.54. The lowest BCUT2D eigenvalue weighted by Gasteiger charge is -2.24. The highest BCUT2D eigenvalue weighted by atomic mass is 16.2. The van der Waals surface area contributed by atoms with E-state index in [-0.39, 0.29) is 11.9 Å². The van der Waals surface area contributed by atoms with Crippen molar-refractivity contribution in [1.82, 2.24) is 10.6 Å². The van der Waals surface area contributed by atoms with Gasteiger partial charge >= 0.3 is 0 Å². The molecule has 1 aliphatic carbocycles. The Balaban J connectivity index is 1.64. The van der Waals surface area contributed by atoms with Crippen molar-refractivity contribution < 1.29 is 4.79 Å². The summed E-state index contributed by atoms with van der Waals surface area (Å²) in [6.07, 6.45) is 6.25. The van der Waals surface area contributed by atoms with Crippen molar-refractivity contribution in [2.75, 3.05) is 6.54 Å². The normalized spacial score (nSPS) is 15.4. The molecule has 2 aromatic carbocycles. The standard InChI is InChI=1S/C21H26N2O/c24-20(16-22-19-14-8-3-9-15-19)23-21(17-10-4-1-5-11-17)18-12-6-2-7-13-18/h1-2,4-7,10-13,19,21-22H,3,8-9,14-16H2,(H,23,24). The van der Waals surface area contributed by atoms with E-state index < -0.39 is 0 Å². The molecule has 126 valence electrons. The van der Waals surface area contributed by atoms with Crippen LogP contribution in [0.3, 0.4) is 0 Å². The van der Waals surface area contributed by atoms with Crippen LogP contribution in [-0.2, 0) is 4.79 Å². The van der Waals surface area contributed by atoms with Gasteiger partial charge in [0.25, 0.3) is 0 Å². The Hall–Kier alpha value is -2.13. The van der Waals surface area contributed by atoms with Crippen molar-refractivity contribution in [3.05, 3.63) is 71.8 Å². The molecule has 1 aliphatic rings. The minimum absolute atomic E-state index is 0.0540. The number of hydrogen-bond acceptors (Lipinski definition) is 2. The average molecular weight is 322 g/mol. The summed E-state index contributed by atoms with van der Waals surface area (Å²) in [5.74, 6) is 0.0540. The topological polar surface area (TPSA) is 41.1 Å². The Kier molecular flexibility index (Phi) is 6.02. The summed E-state index contributed by atoms with van der Waals surface area (Å²) < 4.78 is 0. The molecule has 1 fully saturated rings. The van der Waals surface area contributed by atoms with Gasteiger partial charge in [-0.1, -0.05) is 79.9 Å². The highest BCUT2D eigenvalue weighted by Gasteiger charge is 2.18. The fraction of sp³-hybridized carbons (Fsp3) is 0.381. The molecule has 3 heteroatoms. The van der Waals surface area contributed by atoms with E-state index in [1.165, 1.54) is 32.1 Å². The van der Waals surface area contributed by atoms with Crippen LogP contribution in [0, 0.1) is 0 Å². The molecule has 2 aromatic rings. The molecule has 0 saturated heterocycles. The lowest BCUT2D eigenvalue weighted by Crippen LogP contribution is -2.41. The smallest absolute Gasteiger partial charge is 0.234 e. The second-order valence-electron chi connectivity index (χ2n) is 6.54. The predicted octanol–water partition coefficient (Wildman–Crippen LogP) is 3.81. The largest absolute Gasteiger partial charge is 0.344 e. The van der Waals surface area contributed by atoms with E-state index in [1.54, 1.807) is 0 Å². The van der Waals surface area contributed by atoms with Gasteiger partial charge in [0.15, 0.2) is 0 Å². The van der Waals surface area contributed by atoms with Gasteiger partial charge in [0, 0.05) is 6.04 Å². The second kappa shape index (κ2) is 8.65. The Morgan fingerprint density at radius 1 is 0.875 bits per heavy atom. The monoisotopic (exact) mass is 322 g/mol. The van der Waals surface area contributed by atoms with E-state index in [4.69, 9.17) is 0 Å². The number of rotatable bonds is 6. The summed E-state index contributed by atoms with van der Waals surface area (Å²) in [5.41, 5.74) is 2.21. The molecular formula is C21H26N2O. The average Bonchev–Trinajstić information content (AvgIpc) is 2.67. The first-order valence-corrected chi connectivity index (χ1v) is 8.95. The van der Waals surface area contributed by atoms with E-state index in [0.717, 1.165) is 11.1 Å². The Labute approximate surface area is 144 Å². The summed E-state index contributed by atoms with van der Waals surface area (Å²) in [6, 6.07) is 20.7.